The molecule has 0 saturated heterocycles. The van der Waals surface area contributed by atoms with E-state index in [1.54, 1.807) is 0 Å². The molecule has 0 amide bonds. The fourth-order valence-corrected chi connectivity index (χ4v) is 0. The molecule has 0 rings (SSSR count). The van der Waals surface area contributed by atoms with Crippen molar-refractivity contribution >= 4 is 0 Å². The van der Waals surface area contributed by atoms with Crippen LogP contribution in [0.5, 0.6) is 0 Å². The lowest BCUT2D eigenvalue weighted by atomic mass is 10.2. The number of hydrogen-bond donors (Lipinski definition) is 1. The first-order chi connectivity index (χ1) is 4.00. The van der Waals surface area contributed by atoms with Gasteiger partial charge in [0.2, 0.25) is 0 Å². The first-order valence-corrected chi connectivity index (χ1v) is 2.69. The highest BCUT2D eigenvalue weighted by Gasteiger charge is 1.81. The van der Waals surface area contributed by atoms with E-state index in [1.165, 1.54) is 0 Å². The molecule has 1 N–H and O–H groups in total. The monoisotopic (exact) mass is 135 g/mol. The average molecular weight is 135 g/mol. The minimum absolute atomic E-state index is 0.306. The van der Waals surface area contributed by atoms with Gasteiger partial charge in [0, 0.05) is 11.5 Å². The summed E-state index contributed by atoms with van der Waals surface area (Å²) in [7, 11) is 0.889. The average Bonchev–Trinajstić information content (AvgIpc) is 1.65. The van der Waals surface area contributed by atoms with Crippen LogP contribution >= 0.6 is 0 Å². The summed E-state index contributed by atoms with van der Waals surface area (Å²) < 4.78 is 0. The van der Waals surface area contributed by atoms with Crippen LogP contribution in [0.25, 0.3) is 0 Å². The molecule has 4 nitrogen and oxygen atoms in total. The summed E-state index contributed by atoms with van der Waals surface area (Å²) >= 11 is 0. The molecule has 0 fully saturated rings. The van der Waals surface area contributed by atoms with Crippen molar-refractivity contribution in [3.63, 3.8) is 0 Å². The molecule has 56 valence electrons. The third kappa shape index (κ3) is 114. The van der Waals surface area contributed by atoms with E-state index in [0.717, 1.165) is 7.05 Å². The first-order valence-electron chi connectivity index (χ1n) is 2.69. The Bertz CT molecular complexity index is 68.6. The number of nitrogens with zero attached hydrogens (tertiary/aromatic N) is 1. The summed E-state index contributed by atoms with van der Waals surface area (Å²) in [4.78, 5) is 8.31. The minimum Gasteiger partial charge on any atom is -0.396 e. The summed E-state index contributed by atoms with van der Waals surface area (Å²) in [6, 6.07) is 0. The molecule has 4 heteroatoms. The van der Waals surface area contributed by atoms with Crippen molar-refractivity contribution in [1.82, 2.24) is 0 Å². The molecule has 9 heavy (non-hydrogen) atoms. The number of nitro groups is 1. The number of aliphatic hydroxyl groups is 1. The van der Waals surface area contributed by atoms with Crippen molar-refractivity contribution in [3.05, 3.63) is 10.1 Å². The molecule has 0 heterocycles. The molecule has 0 aromatic heterocycles. The van der Waals surface area contributed by atoms with Crippen LogP contribution in [0.2, 0.25) is 0 Å². The van der Waals surface area contributed by atoms with Gasteiger partial charge in [-0.25, -0.2) is 0 Å². The quantitative estimate of drug-likeness (QED) is 0.421. The van der Waals surface area contributed by atoms with Crippen molar-refractivity contribution in [2.75, 3.05) is 13.7 Å². The number of hydrogen-bond acceptors (Lipinski definition) is 3. The molecule has 0 aliphatic carbocycles. The topological polar surface area (TPSA) is 63.4 Å². The molecule has 0 radical (unpaired) electrons. The van der Waals surface area contributed by atoms with Crippen LogP contribution in [0.3, 0.4) is 0 Å². The lowest BCUT2D eigenvalue weighted by Crippen LogP contribution is -1.90. The van der Waals surface area contributed by atoms with Crippen LogP contribution < -0.4 is 0 Å². The molecule has 0 saturated carbocycles. The maximum Gasteiger partial charge on any atom is 0.194 e. The second kappa shape index (κ2) is 7.36. The van der Waals surface area contributed by atoms with Crippen LogP contribution in [0, 0.1) is 16.0 Å². The smallest absolute Gasteiger partial charge is 0.194 e. The van der Waals surface area contributed by atoms with Gasteiger partial charge in [0.25, 0.3) is 0 Å². The van der Waals surface area contributed by atoms with E-state index >= 15 is 0 Å². The first kappa shape index (κ1) is 11.2. The van der Waals surface area contributed by atoms with Gasteiger partial charge in [-0.3, -0.25) is 10.1 Å². The predicted octanol–water partition coefficient (Wildman–Crippen LogP) is 0.528. The zero-order valence-electron chi connectivity index (χ0n) is 6.00. The maximum absolute atomic E-state index is 8.81. The fourth-order valence-electron chi connectivity index (χ4n) is 0. The van der Waals surface area contributed by atoms with Crippen LogP contribution in [-0.2, 0) is 0 Å². The third-order valence-electron chi connectivity index (χ3n) is 0.365. The molecular formula is C5H13NO3. The SMILES string of the molecule is CC(C)CO.C[N+](=O)[O-]. The molecule has 0 aliphatic heterocycles. The van der Waals surface area contributed by atoms with Crippen molar-refractivity contribution in [2.24, 2.45) is 5.92 Å². The van der Waals surface area contributed by atoms with E-state index in [1.807, 2.05) is 13.8 Å². The molecule has 0 aromatic rings. The Labute approximate surface area is 54.7 Å². The van der Waals surface area contributed by atoms with Gasteiger partial charge in [0.15, 0.2) is 7.05 Å². The molecule has 0 spiro atoms. The summed E-state index contributed by atoms with van der Waals surface area (Å²) in [5.41, 5.74) is 0. The number of aliphatic hydroxyl groups excluding tert-OH is 1. The summed E-state index contributed by atoms with van der Waals surface area (Å²) in [6.07, 6.45) is 0. The van der Waals surface area contributed by atoms with Crippen LogP contribution in [0.1, 0.15) is 13.8 Å². The van der Waals surface area contributed by atoms with Gasteiger partial charge in [-0.2, -0.15) is 0 Å². The van der Waals surface area contributed by atoms with E-state index in [4.69, 9.17) is 15.2 Å². The fraction of sp³-hybridized carbons (Fsp3) is 1.00. The van der Waals surface area contributed by atoms with E-state index in [0.29, 0.717) is 12.5 Å². The third-order valence-corrected chi connectivity index (χ3v) is 0.365. The summed E-state index contributed by atoms with van der Waals surface area (Å²) in [5, 5.41) is 16.9. The maximum atomic E-state index is 8.81. The van der Waals surface area contributed by atoms with Crippen LogP contribution in [0.15, 0.2) is 0 Å². The molecule has 0 atom stereocenters. The Balaban J connectivity index is 0. The zero-order valence-corrected chi connectivity index (χ0v) is 6.00. The molecule has 0 unspecified atom stereocenters. The van der Waals surface area contributed by atoms with Crippen LogP contribution in [0.4, 0.5) is 0 Å². The van der Waals surface area contributed by atoms with Gasteiger partial charge in [-0.05, 0) is 5.92 Å². The van der Waals surface area contributed by atoms with Crippen molar-refractivity contribution in [3.8, 4) is 0 Å². The lowest BCUT2D eigenvalue weighted by molar-refractivity contribution is -0.445. The second-order valence-electron chi connectivity index (χ2n) is 2.02. The van der Waals surface area contributed by atoms with Gasteiger partial charge < -0.3 is 5.11 Å². The summed E-state index contributed by atoms with van der Waals surface area (Å²) in [5.74, 6) is 0.440. The highest BCUT2D eigenvalue weighted by Crippen LogP contribution is 1.83. The zero-order chi connectivity index (χ0) is 7.86. The Morgan fingerprint density at radius 3 is 1.78 bits per heavy atom. The van der Waals surface area contributed by atoms with Gasteiger partial charge in [-0.1, -0.05) is 13.8 Å². The minimum atomic E-state index is -0.500. The highest BCUT2D eigenvalue weighted by atomic mass is 16.6. The van der Waals surface area contributed by atoms with Gasteiger partial charge in [0.1, 0.15) is 0 Å². The standard InChI is InChI=1S/C4H10O.CH3NO2/c1-4(2)3-5;1-2(3)4/h4-5H,3H2,1-2H3;1H3. The van der Waals surface area contributed by atoms with Crippen molar-refractivity contribution in [2.45, 2.75) is 13.8 Å². The molecule has 0 aromatic carbocycles. The largest absolute Gasteiger partial charge is 0.396 e. The van der Waals surface area contributed by atoms with Gasteiger partial charge in [0.05, 0.1) is 0 Å². The predicted molar refractivity (Wildman–Crippen MR) is 34.8 cm³/mol. The Hall–Kier alpha value is -0.640. The Morgan fingerprint density at radius 2 is 1.78 bits per heavy atom. The highest BCUT2D eigenvalue weighted by molar-refractivity contribution is 4.32. The van der Waals surface area contributed by atoms with Crippen LogP contribution in [-0.4, -0.2) is 23.7 Å². The normalized spacial score (nSPS) is 8.11. The van der Waals surface area contributed by atoms with E-state index in [-0.39, 0.29) is 0 Å². The Kier molecular flexibility index (Phi) is 9.16. The van der Waals surface area contributed by atoms with E-state index in [2.05, 4.69) is 0 Å². The van der Waals surface area contributed by atoms with Gasteiger partial charge >= 0.3 is 0 Å². The van der Waals surface area contributed by atoms with Crippen molar-refractivity contribution < 1.29 is 10.0 Å². The number of rotatable bonds is 1. The van der Waals surface area contributed by atoms with E-state index in [9.17, 15) is 0 Å². The summed E-state index contributed by atoms with van der Waals surface area (Å²) in [6.45, 7) is 4.25. The second-order valence-corrected chi connectivity index (χ2v) is 2.02. The molecule has 0 aliphatic rings. The lowest BCUT2D eigenvalue weighted by Gasteiger charge is -1.90. The van der Waals surface area contributed by atoms with Gasteiger partial charge in [-0.15, -0.1) is 0 Å². The van der Waals surface area contributed by atoms with Crippen molar-refractivity contribution in [1.29, 1.82) is 0 Å². The molecule has 0 bridgehead atoms. The molecular weight excluding hydrogens is 122 g/mol. The van der Waals surface area contributed by atoms with E-state index < -0.39 is 4.92 Å². The Morgan fingerprint density at radius 1 is 1.67 bits per heavy atom.